The van der Waals surface area contributed by atoms with Gasteiger partial charge in [-0.15, -0.1) is 0 Å². The Morgan fingerprint density at radius 3 is 2.79 bits per heavy atom. The number of amides is 3. The minimum absolute atomic E-state index is 0.0717. The molecule has 9 nitrogen and oxygen atoms in total. The molecule has 24 heavy (non-hydrogen) atoms. The molecule has 0 fully saturated rings. The second-order valence-electron chi connectivity index (χ2n) is 4.97. The first-order chi connectivity index (χ1) is 11.4. The number of hydrogen-bond donors (Lipinski definition) is 2. The number of rotatable bonds is 4. The Morgan fingerprint density at radius 1 is 1.42 bits per heavy atom. The smallest absolute Gasteiger partial charge is 0.321 e. The van der Waals surface area contributed by atoms with Crippen LogP contribution >= 0.6 is 0 Å². The van der Waals surface area contributed by atoms with E-state index in [1.807, 2.05) is 0 Å². The molecule has 124 valence electrons. The predicted octanol–water partition coefficient (Wildman–Crippen LogP) is 0.351. The molecule has 0 aromatic carbocycles. The highest BCUT2D eigenvalue weighted by Gasteiger charge is 2.15. The van der Waals surface area contributed by atoms with E-state index in [0.717, 1.165) is 4.68 Å². The van der Waals surface area contributed by atoms with Gasteiger partial charge < -0.3 is 9.73 Å². The molecular weight excluding hydrogens is 314 g/mol. The number of aryl methyl sites for hydroxylation is 1. The minimum Gasteiger partial charge on any atom is -0.467 e. The maximum absolute atomic E-state index is 12.1. The summed E-state index contributed by atoms with van der Waals surface area (Å²) in [6, 6.07) is 4.41. The molecule has 2 heterocycles. The lowest BCUT2D eigenvalue weighted by Gasteiger charge is -2.09. The van der Waals surface area contributed by atoms with Gasteiger partial charge in [0.15, 0.2) is 0 Å². The maximum Gasteiger partial charge on any atom is 0.321 e. The van der Waals surface area contributed by atoms with Gasteiger partial charge in [-0.1, -0.05) is 0 Å². The van der Waals surface area contributed by atoms with Gasteiger partial charge in [0, 0.05) is 0 Å². The molecule has 0 spiro atoms. The van der Waals surface area contributed by atoms with Crippen molar-refractivity contribution < 1.29 is 14.0 Å². The maximum atomic E-state index is 12.1. The van der Waals surface area contributed by atoms with Crippen LogP contribution in [0.15, 0.2) is 27.6 Å². The van der Waals surface area contributed by atoms with E-state index in [4.69, 9.17) is 9.68 Å². The highest BCUT2D eigenvalue weighted by atomic mass is 16.3. The van der Waals surface area contributed by atoms with Crippen LogP contribution in [-0.4, -0.2) is 21.7 Å². The van der Waals surface area contributed by atoms with E-state index in [1.54, 1.807) is 32.0 Å². The molecule has 0 radical (unpaired) electrons. The summed E-state index contributed by atoms with van der Waals surface area (Å²) in [6.45, 7) is 2.88. The van der Waals surface area contributed by atoms with Crippen LogP contribution < -0.4 is 16.2 Å². The lowest BCUT2D eigenvalue weighted by atomic mass is 10.1. The number of nitriles is 1. The van der Waals surface area contributed by atoms with Crippen molar-refractivity contribution in [2.75, 3.05) is 0 Å². The van der Waals surface area contributed by atoms with Gasteiger partial charge in [-0.25, -0.2) is 9.48 Å². The summed E-state index contributed by atoms with van der Waals surface area (Å²) < 4.78 is 5.89. The largest absolute Gasteiger partial charge is 0.467 e. The third-order valence-corrected chi connectivity index (χ3v) is 3.30. The molecule has 0 aliphatic heterocycles. The fourth-order valence-corrected chi connectivity index (χ4v) is 1.94. The van der Waals surface area contributed by atoms with E-state index in [-0.39, 0.29) is 12.1 Å². The normalized spacial score (nSPS) is 10.0. The van der Waals surface area contributed by atoms with Gasteiger partial charge in [-0.3, -0.25) is 14.9 Å². The fraction of sp³-hybridized carbons (Fsp3) is 0.267. The van der Waals surface area contributed by atoms with Crippen molar-refractivity contribution in [3.05, 3.63) is 51.3 Å². The summed E-state index contributed by atoms with van der Waals surface area (Å²) >= 11 is 0. The van der Waals surface area contributed by atoms with Gasteiger partial charge in [0.2, 0.25) is 5.91 Å². The second kappa shape index (κ2) is 7.23. The van der Waals surface area contributed by atoms with E-state index in [0.29, 0.717) is 17.0 Å². The van der Waals surface area contributed by atoms with Crippen molar-refractivity contribution in [3.8, 4) is 6.07 Å². The average Bonchev–Trinajstić information content (AvgIpc) is 3.04. The van der Waals surface area contributed by atoms with E-state index in [1.165, 1.54) is 6.26 Å². The standard InChI is InChI=1S/C15H15N5O4/c1-9-10(2)19-20(14(22)12(9)6-16)8-13(21)18-15(23)17-7-11-4-3-5-24-11/h3-5H,7-8H2,1-2H3,(H2,17,18,21,23). The fourth-order valence-electron chi connectivity index (χ4n) is 1.94. The van der Waals surface area contributed by atoms with Gasteiger partial charge >= 0.3 is 6.03 Å². The van der Waals surface area contributed by atoms with Crippen molar-refractivity contribution in [1.29, 1.82) is 5.26 Å². The molecule has 2 N–H and O–H groups in total. The van der Waals surface area contributed by atoms with Crippen molar-refractivity contribution in [3.63, 3.8) is 0 Å². The summed E-state index contributed by atoms with van der Waals surface area (Å²) in [4.78, 5) is 35.5. The van der Waals surface area contributed by atoms with Crippen LogP contribution in [0.5, 0.6) is 0 Å². The summed E-state index contributed by atoms with van der Waals surface area (Å²) in [5.41, 5.74) is 0.181. The van der Waals surface area contributed by atoms with Gasteiger partial charge in [0.1, 0.15) is 23.9 Å². The number of furan rings is 1. The van der Waals surface area contributed by atoms with Crippen molar-refractivity contribution in [2.45, 2.75) is 26.9 Å². The van der Waals surface area contributed by atoms with E-state index in [2.05, 4.69) is 15.7 Å². The van der Waals surface area contributed by atoms with Crippen molar-refractivity contribution in [2.24, 2.45) is 0 Å². The zero-order valence-electron chi connectivity index (χ0n) is 13.1. The molecule has 0 saturated carbocycles. The molecule has 3 amide bonds. The summed E-state index contributed by atoms with van der Waals surface area (Å²) in [6.07, 6.45) is 1.46. The average molecular weight is 329 g/mol. The van der Waals surface area contributed by atoms with Crippen LogP contribution in [0.3, 0.4) is 0 Å². The number of aromatic nitrogens is 2. The predicted molar refractivity (Wildman–Crippen MR) is 81.8 cm³/mol. The third-order valence-electron chi connectivity index (χ3n) is 3.30. The molecule has 9 heteroatoms. The highest BCUT2D eigenvalue weighted by Crippen LogP contribution is 2.04. The summed E-state index contributed by atoms with van der Waals surface area (Å²) in [5, 5.41) is 17.5. The molecule has 2 aromatic heterocycles. The Labute approximate surface area is 136 Å². The Bertz CT molecular complexity index is 861. The zero-order chi connectivity index (χ0) is 17.7. The minimum atomic E-state index is -0.728. The number of nitrogens with zero attached hydrogens (tertiary/aromatic N) is 3. The Balaban J connectivity index is 2.00. The Morgan fingerprint density at radius 2 is 2.17 bits per heavy atom. The van der Waals surface area contributed by atoms with E-state index in [9.17, 15) is 14.4 Å². The Hall–Kier alpha value is -3.41. The zero-order valence-corrected chi connectivity index (χ0v) is 13.1. The van der Waals surface area contributed by atoms with Gasteiger partial charge in [0.05, 0.1) is 18.5 Å². The second-order valence-corrected chi connectivity index (χ2v) is 4.97. The monoisotopic (exact) mass is 329 g/mol. The van der Waals surface area contributed by atoms with E-state index >= 15 is 0 Å². The van der Waals surface area contributed by atoms with Crippen LogP contribution in [0.2, 0.25) is 0 Å². The number of urea groups is 1. The topological polar surface area (TPSA) is 130 Å². The van der Waals surface area contributed by atoms with Crippen LogP contribution in [0.4, 0.5) is 4.79 Å². The number of imide groups is 1. The van der Waals surface area contributed by atoms with Crippen LogP contribution in [0.25, 0.3) is 0 Å². The van der Waals surface area contributed by atoms with Crippen molar-refractivity contribution in [1.82, 2.24) is 20.4 Å². The summed E-state index contributed by atoms with van der Waals surface area (Å²) in [5.74, 6) is -0.197. The van der Waals surface area contributed by atoms with Crippen LogP contribution in [-0.2, 0) is 17.9 Å². The molecule has 0 saturated heterocycles. The van der Waals surface area contributed by atoms with Gasteiger partial charge in [-0.2, -0.15) is 10.4 Å². The number of nitrogens with one attached hydrogen (secondary N) is 2. The number of hydrogen-bond acceptors (Lipinski definition) is 6. The number of carbonyl (C=O) groups is 2. The summed E-state index contributed by atoms with van der Waals surface area (Å²) in [7, 11) is 0. The lowest BCUT2D eigenvalue weighted by molar-refractivity contribution is -0.120. The quantitative estimate of drug-likeness (QED) is 0.832. The molecule has 2 aromatic rings. The molecule has 0 unspecified atom stereocenters. The first-order valence-electron chi connectivity index (χ1n) is 7.01. The third kappa shape index (κ3) is 3.86. The number of carbonyl (C=O) groups excluding carboxylic acids is 2. The van der Waals surface area contributed by atoms with Gasteiger partial charge in [0.25, 0.3) is 5.56 Å². The molecule has 2 rings (SSSR count). The van der Waals surface area contributed by atoms with Crippen LogP contribution in [0.1, 0.15) is 22.6 Å². The van der Waals surface area contributed by atoms with Gasteiger partial charge in [-0.05, 0) is 31.5 Å². The molecule has 0 aliphatic rings. The lowest BCUT2D eigenvalue weighted by Crippen LogP contribution is -2.42. The molecule has 0 atom stereocenters. The van der Waals surface area contributed by atoms with Crippen molar-refractivity contribution >= 4 is 11.9 Å². The van der Waals surface area contributed by atoms with E-state index < -0.39 is 24.0 Å². The highest BCUT2D eigenvalue weighted by molar-refractivity contribution is 5.94. The molecule has 0 aliphatic carbocycles. The van der Waals surface area contributed by atoms with Crippen LogP contribution in [0, 0.1) is 25.2 Å². The SMILES string of the molecule is Cc1nn(CC(=O)NC(=O)NCc2ccco2)c(=O)c(C#N)c1C. The molecular formula is C15H15N5O4. The Kier molecular flexibility index (Phi) is 5.11. The molecule has 0 bridgehead atoms. The first kappa shape index (κ1) is 17.0. The first-order valence-corrected chi connectivity index (χ1v) is 7.01.